The molecule has 0 radical (unpaired) electrons. The lowest BCUT2D eigenvalue weighted by atomic mass is 10.0. The summed E-state index contributed by atoms with van der Waals surface area (Å²) >= 11 is 0. The number of morpholine rings is 3. The molecule has 2 unspecified atom stereocenters. The van der Waals surface area contributed by atoms with Crippen LogP contribution in [0.3, 0.4) is 0 Å². The number of anilines is 3. The van der Waals surface area contributed by atoms with E-state index in [0.717, 1.165) is 201 Å². The highest BCUT2D eigenvalue weighted by molar-refractivity contribution is 5.92. The van der Waals surface area contributed by atoms with Gasteiger partial charge in [0.15, 0.2) is 11.6 Å². The molecule has 3 aromatic carbocycles. The van der Waals surface area contributed by atoms with Gasteiger partial charge >= 0.3 is 0 Å². The molecule has 0 bridgehead atoms. The van der Waals surface area contributed by atoms with Crippen LogP contribution >= 0.6 is 0 Å². The second kappa shape index (κ2) is 31.0. The highest BCUT2D eigenvalue weighted by atomic mass is 16.5. The first-order chi connectivity index (χ1) is 49.5. The van der Waals surface area contributed by atoms with Crippen molar-refractivity contribution >= 4 is 51.1 Å². The van der Waals surface area contributed by atoms with Gasteiger partial charge < -0.3 is 44.9 Å². The number of rotatable bonds is 18. The molecule has 510 valence electrons. The zero-order chi connectivity index (χ0) is 69.2. The molecule has 3 aliphatic heterocycles. The van der Waals surface area contributed by atoms with Gasteiger partial charge in [-0.15, -0.1) is 0 Å². The van der Waals surface area contributed by atoms with Crippen LogP contribution in [0.5, 0.6) is 0 Å². The zero-order valence-electron chi connectivity index (χ0n) is 57.4. The normalized spacial score (nSPS) is 16.7. The predicted molar refractivity (Wildman–Crippen MR) is 393 cm³/mol. The van der Waals surface area contributed by atoms with Gasteiger partial charge in [-0.3, -0.25) is 19.7 Å². The van der Waals surface area contributed by atoms with Crippen molar-refractivity contribution < 1.29 is 19.0 Å². The number of amides is 1. The van der Waals surface area contributed by atoms with Crippen molar-refractivity contribution in [3.8, 4) is 6.07 Å². The lowest BCUT2D eigenvalue weighted by Gasteiger charge is -2.29. The Morgan fingerprint density at radius 2 is 0.891 bits per heavy atom. The number of nitrogens with one attached hydrogen (secondary N) is 3. The first-order valence-corrected chi connectivity index (χ1v) is 34.8. The lowest BCUT2D eigenvalue weighted by Crippen LogP contribution is -2.36. The van der Waals surface area contributed by atoms with Crippen molar-refractivity contribution in [2.45, 2.75) is 71.0 Å². The summed E-state index contributed by atoms with van der Waals surface area (Å²) < 4.78 is 16.4. The van der Waals surface area contributed by atoms with Crippen LogP contribution in [0.15, 0.2) is 184 Å². The van der Waals surface area contributed by atoms with Crippen LogP contribution < -0.4 is 30.7 Å². The third-order valence-corrected chi connectivity index (χ3v) is 19.4. The number of hydrogen-bond donors (Lipinski definition) is 3. The Kier molecular flexibility index (Phi) is 20.6. The maximum Gasteiger partial charge on any atom is 0.289 e. The minimum absolute atomic E-state index is 0.00563. The Bertz CT molecular complexity index is 4630. The van der Waals surface area contributed by atoms with Crippen molar-refractivity contribution in [3.05, 3.63) is 280 Å². The standard InChI is InChI=1S/C27H26N6O.C27H27N5O2.C27H29N5O/c1-18(23-6-4-3-5-20(23)14-28)32-19(2)27-30-15-21(16-31-27)24-7-8-26-25(24)13-22(17-29-26)33-9-11-34-12-10-33;33-27(31-25(19-6-7-19)18-4-2-1-3-5-18)26-29-15-20(16-30-26)22-8-9-24-23(22)14-21(17-28-24)32-10-12-34-13-11-32;1-18-5-4-6-21(13-18)19(2)31-20(3)27-29-15-22(16-30-27)24-7-8-26-25(24)14-23(17-28-26)32-9-11-33-12-10-32/h3-7,13,15-18,32H,2,8-12H2,1H3;1-5,8,14-17,19,25H,6-7,9-13H2,(H,31,33);4-7,13-17,19,31H,3,8-12H2,1-2H3/t;;19-/m..0/s1. The number of pyridine rings is 3. The molecule has 1 amide bonds. The molecule has 4 aliphatic carbocycles. The number of ether oxygens (including phenoxy) is 3. The van der Waals surface area contributed by atoms with Crippen LogP contribution in [0.4, 0.5) is 17.1 Å². The van der Waals surface area contributed by atoms with E-state index in [2.05, 4.69) is 166 Å². The summed E-state index contributed by atoms with van der Waals surface area (Å²) in [5.74, 6) is 1.59. The van der Waals surface area contributed by atoms with E-state index in [4.69, 9.17) is 29.2 Å². The molecule has 20 heteroatoms. The topological polar surface area (TPSA) is 230 Å². The second-order valence-corrected chi connectivity index (χ2v) is 26.2. The van der Waals surface area contributed by atoms with Gasteiger partial charge in [-0.05, 0) is 97.2 Å². The van der Waals surface area contributed by atoms with Crippen molar-refractivity contribution in [2.75, 3.05) is 93.6 Å². The summed E-state index contributed by atoms with van der Waals surface area (Å²) in [6.07, 6.45) is 28.1. The van der Waals surface area contributed by atoms with Crippen LogP contribution in [0, 0.1) is 24.2 Å². The van der Waals surface area contributed by atoms with E-state index in [1.165, 1.54) is 16.7 Å². The first kappa shape index (κ1) is 67.1. The average Bonchev–Trinajstić information content (AvgIpc) is 1.61. The number of fused-ring (bicyclic) bond motifs is 3. The van der Waals surface area contributed by atoms with E-state index in [9.17, 15) is 10.1 Å². The van der Waals surface area contributed by atoms with Gasteiger partial charge in [0.2, 0.25) is 5.82 Å². The SMILES string of the molecule is C=C(NC(C)c1ccccc1C#N)c1ncc(C2=CCc3ncc(N4CCOCC4)cc32)cn1.C=C(N[C@@H](C)c1cccc(C)c1)c1ncc(C2=CCc3ncc(N4CCOCC4)cc32)cn1.O=C(NC(c1ccccc1)C1CC1)c1ncc(C2=CCc3ncc(N4CCOCC4)cc32)cn1. The molecule has 101 heavy (non-hydrogen) atoms. The van der Waals surface area contributed by atoms with Crippen molar-refractivity contribution in [3.63, 3.8) is 0 Å². The molecular weight excluding hydrogens is 1260 g/mol. The molecule has 3 N–H and O–H groups in total. The maximum atomic E-state index is 12.9. The average molecular weight is 1340 g/mol. The van der Waals surface area contributed by atoms with Gasteiger partial charge in [-0.25, -0.2) is 29.9 Å². The number of nitriles is 1. The Balaban J connectivity index is 0.000000129. The van der Waals surface area contributed by atoms with Gasteiger partial charge in [0.25, 0.3) is 5.91 Å². The van der Waals surface area contributed by atoms with E-state index < -0.39 is 0 Å². The Morgan fingerprint density at radius 1 is 0.485 bits per heavy atom. The number of aromatic nitrogens is 9. The van der Waals surface area contributed by atoms with Gasteiger partial charge in [-0.1, -0.05) is 110 Å². The van der Waals surface area contributed by atoms with E-state index >= 15 is 0 Å². The third-order valence-electron chi connectivity index (χ3n) is 19.4. The smallest absolute Gasteiger partial charge is 0.289 e. The number of nitrogens with zero attached hydrogens (tertiary/aromatic N) is 13. The number of hydrogen-bond acceptors (Lipinski definition) is 19. The third kappa shape index (κ3) is 15.7. The van der Waals surface area contributed by atoms with Crippen LogP contribution in [0.2, 0.25) is 0 Å². The zero-order valence-corrected chi connectivity index (χ0v) is 57.4. The van der Waals surface area contributed by atoms with Crippen molar-refractivity contribution in [2.24, 2.45) is 5.92 Å². The fourth-order valence-corrected chi connectivity index (χ4v) is 13.7. The van der Waals surface area contributed by atoms with E-state index in [-0.39, 0.29) is 29.9 Å². The molecule has 9 aromatic rings. The highest BCUT2D eigenvalue weighted by Crippen LogP contribution is 2.42. The number of carbonyl (C=O) groups is 1. The molecule has 3 saturated heterocycles. The molecule has 6 aromatic heterocycles. The Hall–Kier alpha value is -11.1. The molecule has 20 nitrogen and oxygen atoms in total. The summed E-state index contributed by atoms with van der Waals surface area (Å²) in [7, 11) is 0. The number of aryl methyl sites for hydroxylation is 1. The first-order valence-electron chi connectivity index (χ1n) is 34.8. The number of allylic oxidation sites excluding steroid dienone is 3. The van der Waals surface area contributed by atoms with Gasteiger partial charge in [0.05, 0.1) is 121 Å². The van der Waals surface area contributed by atoms with Gasteiger partial charge in [-0.2, -0.15) is 5.26 Å². The summed E-state index contributed by atoms with van der Waals surface area (Å²) in [5, 5.41) is 19.3. The number of benzene rings is 3. The summed E-state index contributed by atoms with van der Waals surface area (Å²) in [4.78, 5) is 61.2. The highest BCUT2D eigenvalue weighted by Gasteiger charge is 2.34. The van der Waals surface area contributed by atoms with Crippen molar-refractivity contribution in [1.29, 1.82) is 5.26 Å². The lowest BCUT2D eigenvalue weighted by molar-refractivity contribution is 0.0921. The molecule has 16 rings (SSSR count). The molecule has 1 saturated carbocycles. The fraction of sp³-hybridized carbons (Fsp3) is 0.296. The molecule has 9 heterocycles. The summed E-state index contributed by atoms with van der Waals surface area (Å²) in [6, 6.07) is 35.1. The molecule has 0 spiro atoms. The molecular formula is C81H82N16O4. The maximum absolute atomic E-state index is 12.9. The summed E-state index contributed by atoms with van der Waals surface area (Å²) in [5.41, 5.74) is 22.7. The van der Waals surface area contributed by atoms with E-state index in [1.54, 1.807) is 12.4 Å². The van der Waals surface area contributed by atoms with Gasteiger partial charge in [0.1, 0.15) is 0 Å². The van der Waals surface area contributed by atoms with Crippen LogP contribution in [-0.2, 0) is 33.5 Å². The second-order valence-electron chi connectivity index (χ2n) is 26.2. The van der Waals surface area contributed by atoms with Gasteiger partial charge in [0, 0.05) is 141 Å². The molecule has 7 aliphatic rings. The predicted octanol–water partition coefficient (Wildman–Crippen LogP) is 11.8. The largest absolute Gasteiger partial charge is 0.378 e. The minimum atomic E-state index is -0.232. The fourth-order valence-electron chi connectivity index (χ4n) is 13.7. The van der Waals surface area contributed by atoms with E-state index in [1.807, 2.05) is 92.8 Å². The van der Waals surface area contributed by atoms with Crippen molar-refractivity contribution in [1.82, 2.24) is 60.8 Å². The molecule has 3 atom stereocenters. The minimum Gasteiger partial charge on any atom is -0.378 e. The molecule has 4 fully saturated rings. The summed E-state index contributed by atoms with van der Waals surface area (Å²) in [6.45, 7) is 24.3. The Morgan fingerprint density at radius 3 is 1.32 bits per heavy atom. The van der Waals surface area contributed by atoms with Crippen LogP contribution in [-0.4, -0.2) is 130 Å². The van der Waals surface area contributed by atoms with Crippen LogP contribution in [0.1, 0.15) is 145 Å². The van der Waals surface area contributed by atoms with Crippen LogP contribution in [0.25, 0.3) is 28.1 Å². The quantitative estimate of drug-likeness (QED) is 0.0725. The monoisotopic (exact) mass is 1340 g/mol. The number of carbonyl (C=O) groups excluding carboxylic acids is 1. The van der Waals surface area contributed by atoms with E-state index in [0.29, 0.717) is 34.5 Å². The Labute approximate surface area is 589 Å².